The topological polar surface area (TPSA) is 0 Å². The van der Waals surface area contributed by atoms with Gasteiger partial charge in [0.25, 0.3) is 0 Å². The minimum absolute atomic E-state index is 0.111. The molecule has 0 aromatic heterocycles. The van der Waals surface area contributed by atoms with E-state index in [4.69, 9.17) is 0 Å². The highest BCUT2D eigenvalue weighted by Crippen LogP contribution is 2.24. The molecule has 0 saturated heterocycles. The number of hydrogen-bond acceptors (Lipinski definition) is 0. The third-order valence-electron chi connectivity index (χ3n) is 1.61. The second-order valence-corrected chi connectivity index (χ2v) is 4.22. The van der Waals surface area contributed by atoms with E-state index in [2.05, 4.69) is 0 Å². The third kappa shape index (κ3) is 3.41. The van der Waals surface area contributed by atoms with Gasteiger partial charge >= 0.3 is 0 Å². The molecule has 1 heteroatoms. The second-order valence-electron chi connectivity index (χ2n) is 4.22. The SMILES string of the molecule is CC(C)(C)/C=C(/F)c1ccccc1. The molecular formula is C12H15F. The van der Waals surface area contributed by atoms with Gasteiger partial charge in [0.1, 0.15) is 5.83 Å². The molecule has 0 saturated carbocycles. The maximum absolute atomic E-state index is 13.5. The van der Waals surface area contributed by atoms with Crippen LogP contribution in [0.3, 0.4) is 0 Å². The largest absolute Gasteiger partial charge is 0.207 e. The van der Waals surface area contributed by atoms with E-state index in [9.17, 15) is 4.39 Å². The summed E-state index contributed by atoms with van der Waals surface area (Å²) < 4.78 is 13.5. The molecule has 0 unspecified atom stereocenters. The van der Waals surface area contributed by atoms with Gasteiger partial charge in [-0.15, -0.1) is 0 Å². The molecule has 1 aromatic carbocycles. The van der Waals surface area contributed by atoms with Gasteiger partial charge in [-0.25, -0.2) is 4.39 Å². The number of allylic oxidation sites excluding steroid dienone is 1. The molecular weight excluding hydrogens is 163 g/mol. The fourth-order valence-electron chi connectivity index (χ4n) is 1.06. The van der Waals surface area contributed by atoms with Gasteiger partial charge in [0.05, 0.1) is 0 Å². The van der Waals surface area contributed by atoms with Gasteiger partial charge in [0.2, 0.25) is 0 Å². The van der Waals surface area contributed by atoms with Gasteiger partial charge in [-0.2, -0.15) is 0 Å². The number of rotatable bonds is 1. The Balaban J connectivity index is 2.92. The molecule has 0 N–H and O–H groups in total. The summed E-state index contributed by atoms with van der Waals surface area (Å²) >= 11 is 0. The predicted molar refractivity (Wildman–Crippen MR) is 55.0 cm³/mol. The molecule has 1 rings (SSSR count). The van der Waals surface area contributed by atoms with Crippen LogP contribution in [-0.2, 0) is 0 Å². The van der Waals surface area contributed by atoms with Crippen LogP contribution in [-0.4, -0.2) is 0 Å². The van der Waals surface area contributed by atoms with E-state index in [0.717, 1.165) is 0 Å². The van der Waals surface area contributed by atoms with Gasteiger partial charge in [-0.05, 0) is 11.5 Å². The van der Waals surface area contributed by atoms with Crippen molar-refractivity contribution in [3.05, 3.63) is 42.0 Å². The first-order chi connectivity index (χ1) is 5.99. The minimum atomic E-state index is -0.145. The van der Waals surface area contributed by atoms with Gasteiger partial charge in [0.15, 0.2) is 0 Å². The molecule has 0 bridgehead atoms. The normalized spacial score (nSPS) is 13.1. The molecule has 0 nitrogen and oxygen atoms in total. The summed E-state index contributed by atoms with van der Waals surface area (Å²) in [7, 11) is 0. The molecule has 0 atom stereocenters. The van der Waals surface area contributed by atoms with Crippen LogP contribution in [0.4, 0.5) is 4.39 Å². The molecule has 0 aliphatic heterocycles. The Bertz CT molecular complexity index is 291. The fourth-order valence-corrected chi connectivity index (χ4v) is 1.06. The van der Waals surface area contributed by atoms with Crippen LogP contribution in [0.2, 0.25) is 0 Å². The Kier molecular flexibility index (Phi) is 2.86. The maximum atomic E-state index is 13.5. The average molecular weight is 178 g/mol. The second kappa shape index (κ2) is 3.73. The van der Waals surface area contributed by atoms with E-state index in [0.29, 0.717) is 5.56 Å². The Morgan fingerprint density at radius 1 is 1.15 bits per heavy atom. The Morgan fingerprint density at radius 3 is 2.15 bits per heavy atom. The third-order valence-corrected chi connectivity index (χ3v) is 1.61. The van der Waals surface area contributed by atoms with Gasteiger partial charge in [0, 0.05) is 5.56 Å². The molecule has 0 amide bonds. The van der Waals surface area contributed by atoms with Crippen molar-refractivity contribution in [1.29, 1.82) is 0 Å². The van der Waals surface area contributed by atoms with Crippen molar-refractivity contribution in [2.75, 3.05) is 0 Å². The lowest BCUT2D eigenvalue weighted by Crippen LogP contribution is -1.99. The zero-order valence-electron chi connectivity index (χ0n) is 8.34. The lowest BCUT2D eigenvalue weighted by Gasteiger charge is -2.12. The van der Waals surface area contributed by atoms with Crippen LogP contribution in [0.25, 0.3) is 5.83 Å². The van der Waals surface area contributed by atoms with Crippen LogP contribution >= 0.6 is 0 Å². The monoisotopic (exact) mass is 178 g/mol. The number of benzene rings is 1. The van der Waals surface area contributed by atoms with Crippen molar-refractivity contribution in [3.8, 4) is 0 Å². The van der Waals surface area contributed by atoms with Crippen molar-refractivity contribution in [2.45, 2.75) is 20.8 Å². The van der Waals surface area contributed by atoms with Crippen molar-refractivity contribution in [1.82, 2.24) is 0 Å². The molecule has 70 valence electrons. The minimum Gasteiger partial charge on any atom is -0.207 e. The van der Waals surface area contributed by atoms with Gasteiger partial charge in [-0.1, -0.05) is 51.1 Å². The summed E-state index contributed by atoms with van der Waals surface area (Å²) in [5.41, 5.74) is 0.539. The van der Waals surface area contributed by atoms with E-state index < -0.39 is 0 Å². The van der Waals surface area contributed by atoms with Crippen molar-refractivity contribution < 1.29 is 4.39 Å². The van der Waals surface area contributed by atoms with Crippen LogP contribution in [0.5, 0.6) is 0 Å². The highest BCUT2D eigenvalue weighted by Gasteiger charge is 2.09. The predicted octanol–water partition coefficient (Wildman–Crippen LogP) is 4.04. The summed E-state index contributed by atoms with van der Waals surface area (Å²) in [5.74, 6) is -0.145. The lowest BCUT2D eigenvalue weighted by molar-refractivity contribution is 0.536. The van der Waals surface area contributed by atoms with Crippen LogP contribution < -0.4 is 0 Å². The first-order valence-electron chi connectivity index (χ1n) is 4.43. The fraction of sp³-hybridized carbons (Fsp3) is 0.333. The van der Waals surface area contributed by atoms with Crippen molar-refractivity contribution >= 4 is 5.83 Å². The molecule has 0 aliphatic carbocycles. The first-order valence-corrected chi connectivity index (χ1v) is 4.43. The highest BCUT2D eigenvalue weighted by molar-refractivity contribution is 5.59. The molecule has 0 radical (unpaired) electrons. The molecule has 0 heterocycles. The van der Waals surface area contributed by atoms with E-state index in [1.807, 2.05) is 39.0 Å². The Hall–Kier alpha value is -1.11. The van der Waals surface area contributed by atoms with Gasteiger partial charge < -0.3 is 0 Å². The summed E-state index contributed by atoms with van der Waals surface area (Å²) in [4.78, 5) is 0. The molecule has 0 fully saturated rings. The molecule has 0 aliphatic rings. The van der Waals surface area contributed by atoms with Crippen LogP contribution in [0, 0.1) is 5.41 Å². The zero-order chi connectivity index (χ0) is 9.90. The Morgan fingerprint density at radius 2 is 1.69 bits per heavy atom. The summed E-state index contributed by atoms with van der Waals surface area (Å²) in [5, 5.41) is 0. The molecule has 0 spiro atoms. The van der Waals surface area contributed by atoms with Gasteiger partial charge in [-0.3, -0.25) is 0 Å². The molecule has 13 heavy (non-hydrogen) atoms. The summed E-state index contributed by atoms with van der Waals surface area (Å²) in [6.45, 7) is 5.94. The van der Waals surface area contributed by atoms with Crippen LogP contribution in [0.15, 0.2) is 36.4 Å². The standard InChI is InChI=1S/C12H15F/c1-12(2,3)9-11(13)10-7-5-4-6-8-10/h4-9H,1-3H3/b11-9+. The molecule has 1 aromatic rings. The van der Waals surface area contributed by atoms with E-state index >= 15 is 0 Å². The van der Waals surface area contributed by atoms with E-state index in [1.165, 1.54) is 0 Å². The van der Waals surface area contributed by atoms with Crippen LogP contribution in [0.1, 0.15) is 26.3 Å². The van der Waals surface area contributed by atoms with E-state index in [-0.39, 0.29) is 11.2 Å². The number of hydrogen-bond donors (Lipinski definition) is 0. The highest BCUT2D eigenvalue weighted by atomic mass is 19.1. The van der Waals surface area contributed by atoms with Crippen molar-refractivity contribution in [2.24, 2.45) is 5.41 Å². The first kappa shape index (κ1) is 9.97. The lowest BCUT2D eigenvalue weighted by atomic mass is 9.95. The number of halogens is 1. The van der Waals surface area contributed by atoms with E-state index in [1.54, 1.807) is 18.2 Å². The summed E-state index contributed by atoms with van der Waals surface area (Å²) in [6.07, 6.45) is 1.64. The zero-order valence-corrected chi connectivity index (χ0v) is 8.34. The maximum Gasteiger partial charge on any atom is 0.126 e. The van der Waals surface area contributed by atoms with Crippen molar-refractivity contribution in [3.63, 3.8) is 0 Å². The summed E-state index contributed by atoms with van der Waals surface area (Å²) in [6, 6.07) is 9.11. The quantitative estimate of drug-likeness (QED) is 0.608. The smallest absolute Gasteiger partial charge is 0.126 e. The Labute approximate surface area is 79.1 Å². The average Bonchev–Trinajstić information content (AvgIpc) is 2.03.